The topological polar surface area (TPSA) is 81.2 Å². The van der Waals surface area contributed by atoms with Crippen LogP contribution < -0.4 is 5.32 Å². The molecule has 0 spiro atoms. The maximum absolute atomic E-state index is 12.5. The summed E-state index contributed by atoms with van der Waals surface area (Å²) in [7, 11) is 1.32. The first-order chi connectivity index (χ1) is 15.0. The summed E-state index contributed by atoms with van der Waals surface area (Å²) >= 11 is 2.92. The number of nitrogens with zero attached hydrogens (tertiary/aromatic N) is 2. The van der Waals surface area contributed by atoms with Gasteiger partial charge in [-0.05, 0) is 30.7 Å². The molecule has 2 aromatic heterocycles. The summed E-state index contributed by atoms with van der Waals surface area (Å²) in [5, 5.41) is 6.62. The molecule has 2 aromatic carbocycles. The Kier molecular flexibility index (Phi) is 6.29. The van der Waals surface area contributed by atoms with Crippen molar-refractivity contribution >= 4 is 50.9 Å². The fraction of sp³-hybridized carbons (Fsp3) is 0.130. The van der Waals surface area contributed by atoms with Gasteiger partial charge in [-0.2, -0.15) is 0 Å². The molecule has 0 bridgehead atoms. The van der Waals surface area contributed by atoms with Gasteiger partial charge in [0.05, 0.1) is 23.8 Å². The summed E-state index contributed by atoms with van der Waals surface area (Å²) < 4.78 is 4.72. The second-order valence-electron chi connectivity index (χ2n) is 6.78. The van der Waals surface area contributed by atoms with Gasteiger partial charge in [-0.15, -0.1) is 11.3 Å². The number of ether oxygens (including phenoxy) is 1. The quantitative estimate of drug-likeness (QED) is 0.248. The fourth-order valence-corrected chi connectivity index (χ4v) is 4.87. The van der Waals surface area contributed by atoms with Gasteiger partial charge in [0.1, 0.15) is 16.2 Å². The number of fused-ring (bicyclic) bond motifs is 1. The molecule has 0 saturated heterocycles. The summed E-state index contributed by atoms with van der Waals surface area (Å²) in [6.45, 7) is 2.05. The van der Waals surface area contributed by atoms with Crippen molar-refractivity contribution < 1.29 is 14.3 Å². The van der Waals surface area contributed by atoms with E-state index >= 15 is 0 Å². The van der Waals surface area contributed by atoms with E-state index in [9.17, 15) is 9.59 Å². The Morgan fingerprint density at radius 3 is 2.71 bits per heavy atom. The van der Waals surface area contributed by atoms with E-state index in [1.165, 1.54) is 30.8 Å². The first-order valence-corrected chi connectivity index (χ1v) is 11.3. The van der Waals surface area contributed by atoms with E-state index in [-0.39, 0.29) is 11.7 Å². The Labute approximate surface area is 187 Å². The summed E-state index contributed by atoms with van der Waals surface area (Å²) in [5.74, 6) is -0.460. The molecule has 31 heavy (non-hydrogen) atoms. The van der Waals surface area contributed by atoms with Crippen molar-refractivity contribution in [2.75, 3.05) is 18.2 Å². The van der Waals surface area contributed by atoms with Crippen molar-refractivity contribution in [2.24, 2.45) is 0 Å². The van der Waals surface area contributed by atoms with Crippen molar-refractivity contribution in [3.8, 4) is 11.1 Å². The molecule has 1 amide bonds. The Hall–Kier alpha value is -3.23. The molecule has 1 N–H and O–H groups in total. The minimum atomic E-state index is -0.449. The molecular weight excluding hydrogens is 430 g/mol. The minimum Gasteiger partial charge on any atom is -0.465 e. The van der Waals surface area contributed by atoms with Gasteiger partial charge in [0.2, 0.25) is 5.91 Å². The van der Waals surface area contributed by atoms with Crippen LogP contribution in [0.5, 0.6) is 0 Å². The Morgan fingerprint density at radius 1 is 1.13 bits per heavy atom. The molecule has 0 aliphatic carbocycles. The van der Waals surface area contributed by atoms with Gasteiger partial charge in [-0.3, -0.25) is 4.79 Å². The second-order valence-corrected chi connectivity index (χ2v) is 8.61. The van der Waals surface area contributed by atoms with Gasteiger partial charge in [-0.25, -0.2) is 14.8 Å². The minimum absolute atomic E-state index is 0.178. The number of carbonyl (C=O) groups excluding carboxylic acids is 2. The first-order valence-electron chi connectivity index (χ1n) is 9.45. The highest BCUT2D eigenvalue weighted by atomic mass is 32.2. The van der Waals surface area contributed by atoms with Crippen molar-refractivity contribution in [2.45, 2.75) is 11.9 Å². The Bertz CT molecular complexity index is 1250. The maximum atomic E-state index is 12.5. The normalized spacial score (nSPS) is 10.8. The number of hydrogen-bond acceptors (Lipinski definition) is 7. The van der Waals surface area contributed by atoms with Crippen LogP contribution in [0.25, 0.3) is 21.3 Å². The van der Waals surface area contributed by atoms with Crippen LogP contribution in [0.4, 0.5) is 5.69 Å². The zero-order valence-electron chi connectivity index (χ0n) is 16.9. The zero-order chi connectivity index (χ0) is 21.8. The average Bonchev–Trinajstić information content (AvgIpc) is 3.22. The summed E-state index contributed by atoms with van der Waals surface area (Å²) in [4.78, 5) is 33.9. The third kappa shape index (κ3) is 4.76. The Balaban J connectivity index is 1.52. The van der Waals surface area contributed by atoms with Crippen molar-refractivity contribution in [3.63, 3.8) is 0 Å². The number of rotatable bonds is 6. The smallest absolute Gasteiger partial charge is 0.337 e. The van der Waals surface area contributed by atoms with Crippen molar-refractivity contribution in [1.29, 1.82) is 0 Å². The van der Waals surface area contributed by atoms with E-state index in [0.717, 1.165) is 26.4 Å². The van der Waals surface area contributed by atoms with Crippen LogP contribution >= 0.6 is 23.1 Å². The van der Waals surface area contributed by atoms with E-state index in [4.69, 9.17) is 4.74 Å². The van der Waals surface area contributed by atoms with E-state index < -0.39 is 5.97 Å². The number of esters is 1. The standard InChI is InChI=1S/C23H19N3O3S2/c1-14-6-8-15(9-7-14)18-11-30-21-20(18)22(25-13-24-21)31-12-19(27)26-17-5-3-4-16(10-17)23(28)29-2/h3-11,13H,12H2,1-2H3,(H,26,27). The number of methoxy groups -OCH3 is 1. The SMILES string of the molecule is COC(=O)c1cccc(NC(=O)CSc2ncnc3scc(-c4ccc(C)cc4)c23)c1. The largest absolute Gasteiger partial charge is 0.465 e. The number of amides is 1. The van der Waals surface area contributed by atoms with Crippen LogP contribution in [0.15, 0.2) is 65.3 Å². The number of thiophene rings is 1. The lowest BCUT2D eigenvalue weighted by atomic mass is 10.1. The number of aryl methyl sites for hydroxylation is 1. The summed E-state index contributed by atoms with van der Waals surface area (Å²) in [6, 6.07) is 15.0. The van der Waals surface area contributed by atoms with Crippen LogP contribution in [0, 0.1) is 6.92 Å². The number of aromatic nitrogens is 2. The van der Waals surface area contributed by atoms with E-state index in [1.807, 2.05) is 0 Å². The van der Waals surface area contributed by atoms with Crippen molar-refractivity contribution in [3.05, 3.63) is 71.4 Å². The van der Waals surface area contributed by atoms with Gasteiger partial charge < -0.3 is 10.1 Å². The molecule has 8 heteroatoms. The molecule has 0 atom stereocenters. The predicted octanol–water partition coefficient (Wildman–Crippen LogP) is 5.18. The maximum Gasteiger partial charge on any atom is 0.337 e. The molecule has 2 heterocycles. The molecular formula is C23H19N3O3S2. The van der Waals surface area contributed by atoms with Gasteiger partial charge in [0.25, 0.3) is 0 Å². The van der Waals surface area contributed by atoms with Crippen molar-refractivity contribution in [1.82, 2.24) is 9.97 Å². The van der Waals surface area contributed by atoms with Crippen LogP contribution in [0.2, 0.25) is 0 Å². The molecule has 4 rings (SSSR count). The molecule has 156 valence electrons. The monoisotopic (exact) mass is 449 g/mol. The number of hydrogen-bond donors (Lipinski definition) is 1. The molecule has 0 unspecified atom stereocenters. The van der Waals surface area contributed by atoms with Gasteiger partial charge in [0.15, 0.2) is 0 Å². The highest BCUT2D eigenvalue weighted by molar-refractivity contribution is 8.00. The third-order valence-corrected chi connectivity index (χ3v) is 6.48. The fourth-order valence-electron chi connectivity index (χ4n) is 3.08. The predicted molar refractivity (Wildman–Crippen MR) is 125 cm³/mol. The lowest BCUT2D eigenvalue weighted by Gasteiger charge is -2.08. The molecule has 4 aromatic rings. The van der Waals surface area contributed by atoms with Crippen LogP contribution in [0.1, 0.15) is 15.9 Å². The lowest BCUT2D eigenvalue weighted by molar-refractivity contribution is -0.113. The second kappa shape index (κ2) is 9.28. The number of carbonyl (C=O) groups is 2. The number of nitrogens with one attached hydrogen (secondary N) is 1. The molecule has 0 fully saturated rings. The summed E-state index contributed by atoms with van der Waals surface area (Å²) in [6.07, 6.45) is 1.53. The number of benzene rings is 2. The van der Waals surface area contributed by atoms with E-state index in [0.29, 0.717) is 11.3 Å². The zero-order valence-corrected chi connectivity index (χ0v) is 18.5. The van der Waals surface area contributed by atoms with Crippen LogP contribution in [0.3, 0.4) is 0 Å². The Morgan fingerprint density at radius 2 is 1.94 bits per heavy atom. The van der Waals surface area contributed by atoms with Crippen LogP contribution in [-0.2, 0) is 9.53 Å². The molecule has 0 aliphatic heterocycles. The van der Waals surface area contributed by atoms with E-state index in [1.54, 1.807) is 35.6 Å². The highest BCUT2D eigenvalue weighted by Gasteiger charge is 2.15. The third-order valence-electron chi connectivity index (χ3n) is 4.61. The van der Waals surface area contributed by atoms with Gasteiger partial charge in [0, 0.05) is 16.6 Å². The lowest BCUT2D eigenvalue weighted by Crippen LogP contribution is -2.14. The van der Waals surface area contributed by atoms with Gasteiger partial charge in [-0.1, -0.05) is 47.7 Å². The average molecular weight is 450 g/mol. The van der Waals surface area contributed by atoms with E-state index in [2.05, 4.69) is 51.9 Å². The molecule has 6 nitrogen and oxygen atoms in total. The van der Waals surface area contributed by atoms with Crippen LogP contribution in [-0.4, -0.2) is 34.7 Å². The molecule has 0 aliphatic rings. The van der Waals surface area contributed by atoms with Gasteiger partial charge >= 0.3 is 5.97 Å². The number of thioether (sulfide) groups is 1. The highest BCUT2D eigenvalue weighted by Crippen LogP contribution is 2.37. The molecule has 0 saturated carbocycles. The molecule has 0 radical (unpaired) electrons. The summed E-state index contributed by atoms with van der Waals surface area (Å²) in [5.41, 5.74) is 4.28. The number of anilines is 1. The first kappa shape index (κ1) is 21.0.